The minimum Gasteiger partial charge on any atom is -0.261 e. The van der Waals surface area contributed by atoms with Crippen molar-refractivity contribution in [3.8, 4) is 0 Å². The summed E-state index contributed by atoms with van der Waals surface area (Å²) in [6.45, 7) is -0.895. The van der Waals surface area contributed by atoms with Gasteiger partial charge in [0.05, 0.1) is 27.6 Å². The first-order chi connectivity index (χ1) is 12.4. The normalized spacial score (nSPS) is 12.0. The van der Waals surface area contributed by atoms with Crippen LogP contribution < -0.4 is 0 Å². The molecule has 0 aromatic heterocycles. The number of nitro benzene ring substituents is 2. The molecule has 2 aromatic rings. The molecular formula is C14H9F3N2O7S. The molecule has 27 heavy (non-hydrogen) atoms. The molecule has 0 unspecified atom stereocenters. The Kier molecular flexibility index (Phi) is 5.46. The molecule has 0 spiro atoms. The van der Waals surface area contributed by atoms with Gasteiger partial charge in [0.1, 0.15) is 4.90 Å². The highest BCUT2D eigenvalue weighted by Gasteiger charge is 2.39. The van der Waals surface area contributed by atoms with E-state index in [9.17, 15) is 41.8 Å². The lowest BCUT2D eigenvalue weighted by molar-refractivity contribution is -0.385. The average Bonchev–Trinajstić information content (AvgIpc) is 2.59. The van der Waals surface area contributed by atoms with Crippen LogP contribution in [0.25, 0.3) is 0 Å². The molecule has 9 nitrogen and oxygen atoms in total. The Bertz CT molecular complexity index is 1010. The quantitative estimate of drug-likeness (QED) is 0.408. The summed E-state index contributed by atoms with van der Waals surface area (Å²) in [5.41, 5.74) is -3.40. The Labute approximate surface area is 149 Å². The molecule has 0 aliphatic rings. The number of rotatable bonds is 6. The number of halogens is 3. The molecule has 13 heteroatoms. The lowest BCUT2D eigenvalue weighted by atomic mass is 10.2. The molecule has 0 bridgehead atoms. The van der Waals surface area contributed by atoms with E-state index in [0.29, 0.717) is 12.1 Å². The summed E-state index contributed by atoms with van der Waals surface area (Å²) in [4.78, 5) is 18.3. The summed E-state index contributed by atoms with van der Waals surface area (Å²) in [6.07, 6.45) is -5.21. The Balaban J connectivity index is 2.43. The molecule has 0 saturated heterocycles. The van der Waals surface area contributed by atoms with Gasteiger partial charge in [-0.3, -0.25) is 24.4 Å². The van der Waals surface area contributed by atoms with E-state index in [1.807, 2.05) is 0 Å². The van der Waals surface area contributed by atoms with Crippen molar-refractivity contribution in [2.75, 3.05) is 0 Å². The first-order valence-corrected chi connectivity index (χ1v) is 8.31. The largest absolute Gasteiger partial charge is 0.418 e. The molecule has 2 rings (SSSR count). The standard InChI is InChI=1S/C14H9F3N2O7S/c15-14(16,17)11-7-10(18(20)21)5-6-13(11)27(24,25)26-8-9-3-1-2-4-12(9)19(22)23/h1-7H,8H2. The van der Waals surface area contributed by atoms with Crippen molar-refractivity contribution in [1.29, 1.82) is 0 Å². The number of benzene rings is 2. The number of alkyl halides is 3. The van der Waals surface area contributed by atoms with Gasteiger partial charge in [-0.25, -0.2) is 0 Å². The van der Waals surface area contributed by atoms with Crippen molar-refractivity contribution in [2.24, 2.45) is 0 Å². The van der Waals surface area contributed by atoms with Gasteiger partial charge in [-0.05, 0) is 12.1 Å². The van der Waals surface area contributed by atoms with Crippen LogP contribution in [0.4, 0.5) is 24.5 Å². The van der Waals surface area contributed by atoms with Gasteiger partial charge in [-0.1, -0.05) is 12.1 Å². The van der Waals surface area contributed by atoms with Crippen molar-refractivity contribution in [1.82, 2.24) is 0 Å². The fourth-order valence-corrected chi connectivity index (χ4v) is 3.17. The van der Waals surface area contributed by atoms with Crippen LogP contribution in [0.3, 0.4) is 0 Å². The molecular weight excluding hydrogens is 397 g/mol. The first-order valence-electron chi connectivity index (χ1n) is 6.91. The minimum atomic E-state index is -5.21. The van der Waals surface area contributed by atoms with Crippen LogP contribution in [0.5, 0.6) is 0 Å². The van der Waals surface area contributed by atoms with E-state index in [4.69, 9.17) is 0 Å². The van der Waals surface area contributed by atoms with E-state index in [1.54, 1.807) is 0 Å². The number of para-hydroxylation sites is 1. The van der Waals surface area contributed by atoms with Gasteiger partial charge < -0.3 is 0 Å². The molecule has 0 fully saturated rings. The van der Waals surface area contributed by atoms with Crippen molar-refractivity contribution < 1.29 is 35.6 Å². The molecule has 0 radical (unpaired) electrons. The average molecular weight is 406 g/mol. The molecule has 0 aliphatic carbocycles. The highest BCUT2D eigenvalue weighted by atomic mass is 32.2. The predicted molar refractivity (Wildman–Crippen MR) is 83.2 cm³/mol. The minimum absolute atomic E-state index is 0.0706. The number of nitro groups is 2. The van der Waals surface area contributed by atoms with Crippen LogP contribution in [-0.2, 0) is 27.1 Å². The van der Waals surface area contributed by atoms with E-state index in [-0.39, 0.29) is 11.6 Å². The highest BCUT2D eigenvalue weighted by Crippen LogP contribution is 2.37. The lowest BCUT2D eigenvalue weighted by Gasteiger charge is -2.13. The van der Waals surface area contributed by atoms with Crippen molar-refractivity contribution in [2.45, 2.75) is 17.7 Å². The zero-order valence-electron chi connectivity index (χ0n) is 13.0. The third kappa shape index (κ3) is 4.57. The fraction of sp³-hybridized carbons (Fsp3) is 0.143. The Hall–Kier alpha value is -3.06. The van der Waals surface area contributed by atoms with E-state index < -0.39 is 54.6 Å². The van der Waals surface area contributed by atoms with Crippen LogP contribution in [0.1, 0.15) is 11.1 Å². The number of nitrogens with zero attached hydrogens (tertiary/aromatic N) is 2. The zero-order valence-corrected chi connectivity index (χ0v) is 13.9. The second kappa shape index (κ2) is 7.28. The van der Waals surface area contributed by atoms with Crippen LogP contribution in [0.2, 0.25) is 0 Å². The van der Waals surface area contributed by atoms with E-state index in [2.05, 4.69) is 4.18 Å². The maximum Gasteiger partial charge on any atom is 0.418 e. The van der Waals surface area contributed by atoms with Crippen LogP contribution >= 0.6 is 0 Å². The summed E-state index contributed by atoms with van der Waals surface area (Å²) in [5, 5.41) is 21.5. The Morgan fingerprint density at radius 2 is 1.63 bits per heavy atom. The Morgan fingerprint density at radius 1 is 1.00 bits per heavy atom. The highest BCUT2D eigenvalue weighted by molar-refractivity contribution is 7.86. The second-order valence-electron chi connectivity index (χ2n) is 5.04. The van der Waals surface area contributed by atoms with E-state index >= 15 is 0 Å². The molecule has 0 atom stereocenters. The van der Waals surface area contributed by atoms with Crippen LogP contribution in [0, 0.1) is 20.2 Å². The molecule has 0 heterocycles. The van der Waals surface area contributed by atoms with Gasteiger partial charge in [-0.15, -0.1) is 0 Å². The summed E-state index contributed by atoms with van der Waals surface area (Å²) < 4.78 is 68.2. The number of hydrogen-bond acceptors (Lipinski definition) is 7. The molecule has 144 valence electrons. The third-order valence-electron chi connectivity index (χ3n) is 3.31. The fourth-order valence-electron chi connectivity index (χ4n) is 2.09. The van der Waals surface area contributed by atoms with Crippen molar-refractivity contribution in [3.05, 3.63) is 73.8 Å². The smallest absolute Gasteiger partial charge is 0.261 e. The summed E-state index contributed by atoms with van der Waals surface area (Å²) in [7, 11) is -5.02. The van der Waals surface area contributed by atoms with Gasteiger partial charge in [0.25, 0.3) is 21.5 Å². The number of non-ortho nitro benzene ring substituents is 1. The molecule has 2 aromatic carbocycles. The summed E-state index contributed by atoms with van der Waals surface area (Å²) in [6, 6.07) is 5.96. The Morgan fingerprint density at radius 3 is 2.19 bits per heavy atom. The van der Waals surface area contributed by atoms with Crippen molar-refractivity contribution >= 4 is 21.5 Å². The molecule has 0 aliphatic heterocycles. The van der Waals surface area contributed by atoms with E-state index in [1.165, 1.54) is 18.2 Å². The topological polar surface area (TPSA) is 130 Å². The molecule has 0 amide bonds. The van der Waals surface area contributed by atoms with Crippen LogP contribution in [-0.4, -0.2) is 18.3 Å². The van der Waals surface area contributed by atoms with Crippen LogP contribution in [0.15, 0.2) is 47.4 Å². The molecule has 0 saturated carbocycles. The molecule has 0 N–H and O–H groups in total. The third-order valence-corrected chi connectivity index (χ3v) is 4.63. The lowest BCUT2D eigenvalue weighted by Crippen LogP contribution is -2.16. The monoisotopic (exact) mass is 406 g/mol. The summed E-state index contributed by atoms with van der Waals surface area (Å²) in [5.74, 6) is 0. The maximum atomic E-state index is 13.1. The summed E-state index contributed by atoms with van der Waals surface area (Å²) >= 11 is 0. The van der Waals surface area contributed by atoms with Crippen molar-refractivity contribution in [3.63, 3.8) is 0 Å². The zero-order chi connectivity index (χ0) is 20.4. The van der Waals surface area contributed by atoms with Gasteiger partial charge in [0.2, 0.25) is 0 Å². The van der Waals surface area contributed by atoms with E-state index in [0.717, 1.165) is 6.07 Å². The maximum absolute atomic E-state index is 13.1. The second-order valence-corrected chi connectivity index (χ2v) is 6.62. The van der Waals surface area contributed by atoms with Gasteiger partial charge in [-0.2, -0.15) is 21.6 Å². The predicted octanol–water partition coefficient (Wildman–Crippen LogP) is 3.43. The van der Waals surface area contributed by atoms with Gasteiger partial charge >= 0.3 is 6.18 Å². The SMILES string of the molecule is O=[N+]([O-])c1ccc(S(=O)(=O)OCc2ccccc2[N+](=O)[O-])c(C(F)(F)F)c1. The van der Waals surface area contributed by atoms with Gasteiger partial charge in [0, 0.05) is 18.2 Å². The number of hydrogen-bond donors (Lipinski definition) is 0. The van der Waals surface area contributed by atoms with Gasteiger partial charge in [0.15, 0.2) is 0 Å². The first kappa shape index (κ1) is 20.3.